The van der Waals surface area contributed by atoms with Gasteiger partial charge in [0.1, 0.15) is 7.05 Å². The van der Waals surface area contributed by atoms with Gasteiger partial charge in [0, 0.05) is 25.4 Å². The summed E-state index contributed by atoms with van der Waals surface area (Å²) in [5, 5.41) is 0. The molecular weight excluding hydrogens is 242 g/mol. The Hall–Kier alpha value is -1.63. The second-order valence-electron chi connectivity index (χ2n) is 6.38. The standard InChI is InChI=1S/C19H26N/c1-13-8-9-16(14(2)10-13)18-11-17(19(4,5)6)15(3)12-20(18)7/h8-12H,1-7H3/q+1/i1D3,3D3. The topological polar surface area (TPSA) is 3.88 Å². The van der Waals surface area contributed by atoms with Gasteiger partial charge < -0.3 is 0 Å². The van der Waals surface area contributed by atoms with Crippen molar-refractivity contribution in [2.75, 3.05) is 0 Å². The largest absolute Gasteiger partial charge is 0.212 e. The molecule has 0 saturated carbocycles. The molecule has 0 aliphatic rings. The molecule has 1 nitrogen and oxygen atoms in total. The second-order valence-corrected chi connectivity index (χ2v) is 6.38. The molecule has 0 amide bonds. The van der Waals surface area contributed by atoms with Crippen LogP contribution in [0.25, 0.3) is 11.3 Å². The van der Waals surface area contributed by atoms with Crippen LogP contribution in [-0.2, 0) is 12.5 Å². The van der Waals surface area contributed by atoms with E-state index in [0.29, 0.717) is 11.1 Å². The average Bonchev–Trinajstić information content (AvgIpc) is 2.44. The predicted molar refractivity (Wildman–Crippen MR) is 86.0 cm³/mol. The Balaban J connectivity index is 2.72. The SMILES string of the molecule is [2H]C([2H])([2H])c1ccc(-c2cc(C(C)(C)C)c(C([2H])([2H])[2H])c[n+]2C)c(C)c1. The van der Waals surface area contributed by atoms with Gasteiger partial charge in [0.15, 0.2) is 6.20 Å². The van der Waals surface area contributed by atoms with E-state index in [1.54, 1.807) is 29.0 Å². The Morgan fingerprint density at radius 3 is 2.35 bits per heavy atom. The van der Waals surface area contributed by atoms with Crippen molar-refractivity contribution in [3.05, 3.63) is 52.7 Å². The Morgan fingerprint density at radius 1 is 1.05 bits per heavy atom. The van der Waals surface area contributed by atoms with Gasteiger partial charge >= 0.3 is 0 Å². The van der Waals surface area contributed by atoms with Crippen molar-refractivity contribution < 1.29 is 12.8 Å². The van der Waals surface area contributed by atoms with E-state index < -0.39 is 13.7 Å². The van der Waals surface area contributed by atoms with Gasteiger partial charge in [-0.1, -0.05) is 38.5 Å². The third kappa shape index (κ3) is 2.77. The van der Waals surface area contributed by atoms with Gasteiger partial charge in [0.2, 0.25) is 5.69 Å². The van der Waals surface area contributed by atoms with E-state index in [-0.39, 0.29) is 5.41 Å². The van der Waals surface area contributed by atoms with Crippen molar-refractivity contribution >= 4 is 0 Å². The molecule has 106 valence electrons. The highest BCUT2D eigenvalue weighted by Gasteiger charge is 2.22. The highest BCUT2D eigenvalue weighted by molar-refractivity contribution is 5.62. The third-order valence-electron chi connectivity index (χ3n) is 3.58. The lowest BCUT2D eigenvalue weighted by atomic mass is 9.83. The van der Waals surface area contributed by atoms with E-state index >= 15 is 0 Å². The lowest BCUT2D eigenvalue weighted by molar-refractivity contribution is -0.660. The Kier molecular flexibility index (Phi) is 2.17. The van der Waals surface area contributed by atoms with Crippen molar-refractivity contribution in [1.82, 2.24) is 0 Å². The van der Waals surface area contributed by atoms with Gasteiger partial charge in [-0.3, -0.25) is 0 Å². The van der Waals surface area contributed by atoms with Gasteiger partial charge in [-0.15, -0.1) is 0 Å². The fraction of sp³-hybridized carbons (Fsp3) is 0.421. The molecule has 0 atom stereocenters. The number of nitrogens with zero attached hydrogens (tertiary/aromatic N) is 1. The van der Waals surface area contributed by atoms with Gasteiger partial charge in [-0.05, 0) is 43.2 Å². The summed E-state index contributed by atoms with van der Waals surface area (Å²) in [5.74, 6) is 0. The molecule has 0 saturated heterocycles. The first-order valence-electron chi connectivity index (χ1n) is 9.78. The number of rotatable bonds is 1. The molecule has 2 aromatic rings. The Morgan fingerprint density at radius 2 is 1.80 bits per heavy atom. The van der Waals surface area contributed by atoms with Crippen LogP contribution in [0.3, 0.4) is 0 Å². The maximum absolute atomic E-state index is 7.86. The van der Waals surface area contributed by atoms with Crippen molar-refractivity contribution in [3.8, 4) is 11.3 Å². The Bertz CT molecular complexity index is 826. The molecule has 0 aliphatic heterocycles. The van der Waals surface area contributed by atoms with E-state index in [4.69, 9.17) is 8.22 Å². The van der Waals surface area contributed by atoms with Gasteiger partial charge in [0.05, 0.1) is 0 Å². The molecule has 0 aliphatic carbocycles. The molecule has 0 unspecified atom stereocenters. The maximum Gasteiger partial charge on any atom is 0.212 e. The fourth-order valence-corrected chi connectivity index (χ4v) is 2.49. The van der Waals surface area contributed by atoms with Crippen molar-refractivity contribution in [1.29, 1.82) is 0 Å². The number of benzene rings is 1. The first kappa shape index (κ1) is 8.61. The molecule has 1 aromatic heterocycles. The summed E-state index contributed by atoms with van der Waals surface area (Å²) in [7, 11) is 1.81. The third-order valence-corrected chi connectivity index (χ3v) is 3.58. The van der Waals surface area contributed by atoms with Crippen molar-refractivity contribution in [2.45, 2.75) is 46.8 Å². The molecule has 1 aromatic carbocycles. The van der Waals surface area contributed by atoms with Crippen LogP contribution < -0.4 is 4.57 Å². The smallest absolute Gasteiger partial charge is 0.201 e. The van der Waals surface area contributed by atoms with E-state index in [2.05, 4.69) is 0 Å². The van der Waals surface area contributed by atoms with Gasteiger partial charge in [-0.2, -0.15) is 0 Å². The lowest BCUT2D eigenvalue weighted by Crippen LogP contribution is -2.33. The van der Waals surface area contributed by atoms with Crippen molar-refractivity contribution in [3.63, 3.8) is 0 Å². The van der Waals surface area contributed by atoms with Crippen LogP contribution in [0.5, 0.6) is 0 Å². The number of hydrogen-bond donors (Lipinski definition) is 0. The molecule has 0 fully saturated rings. The molecule has 1 heteroatoms. The monoisotopic (exact) mass is 274 g/mol. The quantitative estimate of drug-likeness (QED) is 0.679. The van der Waals surface area contributed by atoms with E-state index in [0.717, 1.165) is 22.4 Å². The van der Waals surface area contributed by atoms with Crippen LogP contribution in [0.4, 0.5) is 0 Å². The number of aryl methyl sites for hydroxylation is 4. The summed E-state index contributed by atoms with van der Waals surface area (Å²) in [4.78, 5) is 0. The minimum absolute atomic E-state index is 0.302. The van der Waals surface area contributed by atoms with Crippen LogP contribution in [0.1, 0.15) is 51.2 Å². The van der Waals surface area contributed by atoms with Gasteiger partial charge in [-0.25, -0.2) is 4.57 Å². The molecular formula is C19H26N+. The van der Waals surface area contributed by atoms with E-state index in [1.807, 2.05) is 40.8 Å². The molecule has 0 radical (unpaired) electrons. The molecule has 2 rings (SSSR count). The summed E-state index contributed by atoms with van der Waals surface area (Å²) in [5.41, 5.74) is 3.67. The second kappa shape index (κ2) is 5.05. The zero-order chi connectivity index (χ0) is 20.1. The molecule has 0 bridgehead atoms. The molecule has 0 N–H and O–H groups in total. The summed E-state index contributed by atoms with van der Waals surface area (Å²) < 4.78 is 48.1. The molecule has 1 heterocycles. The van der Waals surface area contributed by atoms with Crippen LogP contribution in [-0.4, -0.2) is 0 Å². The first-order valence-corrected chi connectivity index (χ1v) is 6.78. The van der Waals surface area contributed by atoms with Gasteiger partial charge in [0.25, 0.3) is 0 Å². The summed E-state index contributed by atoms with van der Waals surface area (Å²) in [6, 6.07) is 7.01. The average molecular weight is 274 g/mol. The minimum atomic E-state index is -2.20. The number of hydrogen-bond acceptors (Lipinski definition) is 0. The van der Waals surface area contributed by atoms with Crippen LogP contribution in [0, 0.1) is 20.6 Å². The minimum Gasteiger partial charge on any atom is -0.201 e. The summed E-state index contributed by atoms with van der Waals surface area (Å²) in [6.45, 7) is 3.51. The van der Waals surface area contributed by atoms with Crippen LogP contribution >= 0.6 is 0 Å². The summed E-state index contributed by atoms with van der Waals surface area (Å²) in [6.07, 6.45) is 1.67. The molecule has 0 spiro atoms. The number of aromatic nitrogens is 1. The normalized spacial score (nSPS) is 17.4. The highest BCUT2D eigenvalue weighted by Crippen LogP contribution is 2.29. The van der Waals surface area contributed by atoms with Crippen molar-refractivity contribution in [2.24, 2.45) is 7.05 Å². The van der Waals surface area contributed by atoms with E-state index in [9.17, 15) is 0 Å². The Labute approximate surface area is 131 Å². The van der Waals surface area contributed by atoms with Crippen LogP contribution in [0.2, 0.25) is 0 Å². The maximum atomic E-state index is 7.86. The summed E-state index contributed by atoms with van der Waals surface area (Å²) >= 11 is 0. The molecule has 20 heavy (non-hydrogen) atoms. The first-order chi connectivity index (χ1) is 11.6. The zero-order valence-corrected chi connectivity index (χ0v) is 12.8. The number of pyridine rings is 1. The predicted octanol–water partition coefficient (Wildman–Crippen LogP) is 4.40. The zero-order valence-electron chi connectivity index (χ0n) is 18.8. The van der Waals surface area contributed by atoms with Crippen LogP contribution in [0.15, 0.2) is 30.5 Å². The van der Waals surface area contributed by atoms with E-state index in [1.165, 1.54) is 0 Å². The fourth-order valence-electron chi connectivity index (χ4n) is 2.49. The lowest BCUT2D eigenvalue weighted by Gasteiger charge is -2.21. The highest BCUT2D eigenvalue weighted by atomic mass is 14.9.